The van der Waals surface area contributed by atoms with E-state index in [0.29, 0.717) is 0 Å². The first-order chi connectivity index (χ1) is 26.0. The van der Waals surface area contributed by atoms with Gasteiger partial charge in [0.05, 0.1) is 9.75 Å². The van der Waals surface area contributed by atoms with E-state index in [1.165, 1.54) is 138 Å². The number of thiophene rings is 5. The van der Waals surface area contributed by atoms with E-state index in [0.717, 1.165) is 48.3 Å². The first kappa shape index (κ1) is 41.8. The standard InChI is InChI=1S/C48H60S5/c1-9-17-23-33-35(25-19-11-3)45(51-39(33)15-7)41-29-31-43(49-41)47-37(27-21-13-5)38(28-22-14-6)48(53-47)44-32-30-42(50-44)46-36(26-20-12-4)34(24-18-10-2)40(16-8)52-46/h7-8,29-32H,9-14,17-28H2,1-6H3. The molecular formula is C48H60S5. The Morgan fingerprint density at radius 3 is 0.868 bits per heavy atom. The molecule has 5 rings (SSSR count). The molecule has 0 aliphatic rings. The van der Waals surface area contributed by atoms with E-state index < -0.39 is 0 Å². The summed E-state index contributed by atoms with van der Waals surface area (Å²) in [4.78, 5) is 13.8. The smallest absolute Gasteiger partial charge is 0.0807 e. The Kier molecular flexibility index (Phi) is 16.6. The molecule has 0 spiro atoms. The first-order valence-corrected chi connectivity index (χ1v) is 24.6. The number of rotatable bonds is 22. The highest BCUT2D eigenvalue weighted by molar-refractivity contribution is 7.30. The summed E-state index contributed by atoms with van der Waals surface area (Å²) < 4.78 is 0. The minimum absolute atomic E-state index is 1.10. The van der Waals surface area contributed by atoms with Gasteiger partial charge in [-0.3, -0.25) is 0 Å². The van der Waals surface area contributed by atoms with Gasteiger partial charge in [-0.25, -0.2) is 0 Å². The average Bonchev–Trinajstić information content (AvgIpc) is 4.01. The maximum Gasteiger partial charge on any atom is 0.0807 e. The van der Waals surface area contributed by atoms with Gasteiger partial charge in [-0.15, -0.1) is 69.5 Å². The van der Waals surface area contributed by atoms with E-state index in [1.54, 1.807) is 11.1 Å². The lowest BCUT2D eigenvalue weighted by Gasteiger charge is -2.08. The maximum atomic E-state index is 6.15. The van der Waals surface area contributed by atoms with Crippen LogP contribution in [0, 0.1) is 24.7 Å². The molecule has 0 saturated carbocycles. The highest BCUT2D eigenvalue weighted by atomic mass is 32.1. The maximum absolute atomic E-state index is 6.15. The lowest BCUT2D eigenvalue weighted by molar-refractivity contribution is 0.762. The van der Waals surface area contributed by atoms with Crippen molar-refractivity contribution in [3.05, 3.63) is 67.4 Å². The van der Waals surface area contributed by atoms with Gasteiger partial charge in [-0.1, -0.05) is 91.9 Å². The number of terminal acetylenes is 2. The second-order valence-electron chi connectivity index (χ2n) is 14.4. The van der Waals surface area contributed by atoms with Crippen LogP contribution in [0.5, 0.6) is 0 Å². The van der Waals surface area contributed by atoms with Crippen molar-refractivity contribution < 1.29 is 0 Å². The molecule has 0 bridgehead atoms. The van der Waals surface area contributed by atoms with E-state index >= 15 is 0 Å². The molecule has 282 valence electrons. The molecule has 0 radical (unpaired) electrons. The summed E-state index contributed by atoms with van der Waals surface area (Å²) in [7, 11) is 0. The SMILES string of the molecule is C#Cc1sc(-c2ccc(-c3sc(-c4ccc(-c5sc(C#C)c(CCCC)c5CCCC)s4)c(CCCC)c3CCCC)s2)c(CCCC)c1CCCC. The quantitative estimate of drug-likeness (QED) is 0.0612. The fraction of sp³-hybridized carbons (Fsp3) is 0.500. The molecule has 0 unspecified atom stereocenters. The molecular weight excluding hydrogens is 737 g/mol. The fourth-order valence-electron chi connectivity index (χ4n) is 7.40. The van der Waals surface area contributed by atoms with Crippen LogP contribution in [-0.2, 0) is 38.5 Å². The number of hydrogen-bond acceptors (Lipinski definition) is 5. The summed E-state index contributed by atoms with van der Waals surface area (Å²) in [5.41, 5.74) is 9.15. The van der Waals surface area contributed by atoms with Gasteiger partial charge in [0, 0.05) is 39.0 Å². The third-order valence-electron chi connectivity index (χ3n) is 10.4. The molecule has 0 atom stereocenters. The molecule has 0 N–H and O–H groups in total. The van der Waals surface area contributed by atoms with Gasteiger partial charge in [0.2, 0.25) is 0 Å². The second-order valence-corrected chi connectivity index (χ2v) is 19.6. The number of hydrogen-bond donors (Lipinski definition) is 0. The van der Waals surface area contributed by atoms with Crippen LogP contribution >= 0.6 is 56.7 Å². The van der Waals surface area contributed by atoms with Crippen LogP contribution in [0.1, 0.15) is 162 Å². The van der Waals surface area contributed by atoms with Crippen molar-refractivity contribution in [2.24, 2.45) is 0 Å². The minimum atomic E-state index is 1.10. The minimum Gasteiger partial charge on any atom is -0.133 e. The lowest BCUT2D eigenvalue weighted by Crippen LogP contribution is -1.94. The molecule has 0 aliphatic carbocycles. The average molecular weight is 797 g/mol. The van der Waals surface area contributed by atoms with Crippen molar-refractivity contribution in [2.75, 3.05) is 0 Å². The fourth-order valence-corrected chi connectivity index (χ4v) is 13.8. The molecule has 5 aromatic heterocycles. The molecule has 5 aromatic rings. The van der Waals surface area contributed by atoms with Crippen molar-refractivity contribution in [1.29, 1.82) is 0 Å². The zero-order valence-corrected chi connectivity index (χ0v) is 37.3. The monoisotopic (exact) mass is 796 g/mol. The highest BCUT2D eigenvalue weighted by Gasteiger charge is 2.25. The van der Waals surface area contributed by atoms with E-state index in [4.69, 9.17) is 12.8 Å². The molecule has 53 heavy (non-hydrogen) atoms. The molecule has 0 saturated heterocycles. The van der Waals surface area contributed by atoms with Crippen LogP contribution in [0.25, 0.3) is 39.0 Å². The predicted molar refractivity (Wildman–Crippen MR) is 245 cm³/mol. The molecule has 5 heteroatoms. The Hall–Kier alpha value is -2.38. The van der Waals surface area contributed by atoms with Gasteiger partial charge >= 0.3 is 0 Å². The summed E-state index contributed by atoms with van der Waals surface area (Å²) in [5, 5.41) is 0. The molecule has 0 fully saturated rings. The Morgan fingerprint density at radius 1 is 0.358 bits per heavy atom. The van der Waals surface area contributed by atoms with Crippen LogP contribution < -0.4 is 0 Å². The lowest BCUT2D eigenvalue weighted by atomic mass is 9.97. The van der Waals surface area contributed by atoms with Crippen molar-refractivity contribution in [1.82, 2.24) is 0 Å². The Morgan fingerprint density at radius 2 is 0.604 bits per heavy atom. The summed E-state index contributed by atoms with van der Waals surface area (Å²) in [6.45, 7) is 13.8. The largest absolute Gasteiger partial charge is 0.133 e. The van der Waals surface area contributed by atoms with Crippen LogP contribution in [0.3, 0.4) is 0 Å². The summed E-state index contributed by atoms with van der Waals surface area (Å²) >= 11 is 9.78. The number of unbranched alkanes of at least 4 members (excludes halogenated alkanes) is 6. The van der Waals surface area contributed by atoms with E-state index in [-0.39, 0.29) is 0 Å². The Balaban J connectivity index is 1.61. The third-order valence-corrected chi connectivity index (χ3v) is 17.0. The predicted octanol–water partition coefficient (Wildman–Crippen LogP) is 16.7. The van der Waals surface area contributed by atoms with Crippen molar-refractivity contribution in [3.8, 4) is 63.7 Å². The Bertz CT molecular complexity index is 1840. The molecule has 0 nitrogen and oxygen atoms in total. The van der Waals surface area contributed by atoms with Crippen LogP contribution in [0.2, 0.25) is 0 Å². The summed E-state index contributed by atoms with van der Waals surface area (Å²) in [5.74, 6) is 6.18. The molecule has 0 amide bonds. The van der Waals surface area contributed by atoms with Crippen molar-refractivity contribution in [3.63, 3.8) is 0 Å². The van der Waals surface area contributed by atoms with Crippen molar-refractivity contribution in [2.45, 2.75) is 157 Å². The zero-order chi connectivity index (χ0) is 37.7. The van der Waals surface area contributed by atoms with Crippen molar-refractivity contribution >= 4 is 56.7 Å². The van der Waals surface area contributed by atoms with Gasteiger partial charge in [0.1, 0.15) is 0 Å². The first-order valence-electron chi connectivity index (χ1n) is 20.6. The highest BCUT2D eigenvalue weighted by Crippen LogP contribution is 2.51. The summed E-state index contributed by atoms with van der Waals surface area (Å²) in [6, 6.07) is 9.64. The van der Waals surface area contributed by atoms with Gasteiger partial charge < -0.3 is 0 Å². The van der Waals surface area contributed by atoms with Crippen LogP contribution in [0.4, 0.5) is 0 Å². The summed E-state index contributed by atoms with van der Waals surface area (Å²) in [6.07, 6.45) is 33.5. The third kappa shape index (κ3) is 9.72. The van der Waals surface area contributed by atoms with Crippen LogP contribution in [-0.4, -0.2) is 0 Å². The molecule has 0 aliphatic heterocycles. The van der Waals surface area contributed by atoms with E-state index in [2.05, 4.69) is 89.0 Å². The van der Waals surface area contributed by atoms with Gasteiger partial charge in [-0.05, 0) is 135 Å². The van der Waals surface area contributed by atoms with Crippen LogP contribution in [0.15, 0.2) is 24.3 Å². The second kappa shape index (κ2) is 21.1. The Labute approximate surface area is 342 Å². The van der Waals surface area contributed by atoms with E-state index in [1.807, 2.05) is 45.3 Å². The van der Waals surface area contributed by atoms with Gasteiger partial charge in [0.25, 0.3) is 0 Å². The topological polar surface area (TPSA) is 0 Å². The van der Waals surface area contributed by atoms with Gasteiger partial charge in [0.15, 0.2) is 0 Å². The normalized spacial score (nSPS) is 11.4. The van der Waals surface area contributed by atoms with Gasteiger partial charge in [-0.2, -0.15) is 0 Å². The van der Waals surface area contributed by atoms with E-state index in [9.17, 15) is 0 Å². The molecule has 5 heterocycles. The zero-order valence-electron chi connectivity index (χ0n) is 33.2. The molecule has 0 aromatic carbocycles.